The SMILES string of the molecule is C=C1C=C(C(=O)N2CCC(c3ccc(OC)c(OC)c3)=N2)C=C/C1=N/C. The Morgan fingerprint density at radius 1 is 1.23 bits per heavy atom. The summed E-state index contributed by atoms with van der Waals surface area (Å²) in [5.74, 6) is 1.15. The highest BCUT2D eigenvalue weighted by Crippen LogP contribution is 2.29. The van der Waals surface area contributed by atoms with Crippen molar-refractivity contribution < 1.29 is 14.3 Å². The fourth-order valence-corrected chi connectivity index (χ4v) is 2.91. The molecular weight excluding hydrogens is 330 g/mol. The lowest BCUT2D eigenvalue weighted by Crippen LogP contribution is -2.25. The average Bonchev–Trinajstić information content (AvgIpc) is 3.16. The van der Waals surface area contributed by atoms with Gasteiger partial charge >= 0.3 is 0 Å². The van der Waals surface area contributed by atoms with Crippen molar-refractivity contribution in [1.82, 2.24) is 5.01 Å². The molecular formula is C20H21N3O3. The zero-order valence-corrected chi connectivity index (χ0v) is 15.2. The van der Waals surface area contributed by atoms with Crippen LogP contribution in [0.2, 0.25) is 0 Å². The van der Waals surface area contributed by atoms with Gasteiger partial charge in [-0.2, -0.15) is 5.10 Å². The summed E-state index contributed by atoms with van der Waals surface area (Å²) >= 11 is 0. The van der Waals surface area contributed by atoms with E-state index in [4.69, 9.17) is 9.47 Å². The number of amides is 1. The predicted molar refractivity (Wildman–Crippen MR) is 102 cm³/mol. The number of nitrogens with zero attached hydrogens (tertiary/aromatic N) is 3. The Hall–Kier alpha value is -3.15. The van der Waals surface area contributed by atoms with Gasteiger partial charge in [0, 0.05) is 24.6 Å². The molecule has 134 valence electrons. The number of rotatable bonds is 4. The van der Waals surface area contributed by atoms with Crippen molar-refractivity contribution in [3.05, 3.63) is 59.7 Å². The molecule has 0 spiro atoms. The molecule has 1 heterocycles. The average molecular weight is 351 g/mol. The molecule has 0 bridgehead atoms. The molecule has 1 aliphatic heterocycles. The number of hydrazone groups is 1. The summed E-state index contributed by atoms with van der Waals surface area (Å²) in [6, 6.07) is 5.63. The molecule has 0 fully saturated rings. The largest absolute Gasteiger partial charge is 0.493 e. The second kappa shape index (κ2) is 7.39. The smallest absolute Gasteiger partial charge is 0.273 e. The third-order valence-electron chi connectivity index (χ3n) is 4.32. The molecule has 0 atom stereocenters. The third-order valence-corrected chi connectivity index (χ3v) is 4.32. The molecule has 6 nitrogen and oxygen atoms in total. The summed E-state index contributed by atoms with van der Waals surface area (Å²) in [5.41, 5.74) is 3.81. The lowest BCUT2D eigenvalue weighted by Gasteiger charge is -2.15. The minimum atomic E-state index is -0.145. The van der Waals surface area contributed by atoms with Crippen LogP contribution in [-0.2, 0) is 4.79 Å². The molecule has 0 unspecified atom stereocenters. The molecule has 0 saturated heterocycles. The monoisotopic (exact) mass is 351 g/mol. The van der Waals surface area contributed by atoms with Crippen molar-refractivity contribution in [2.75, 3.05) is 27.8 Å². The van der Waals surface area contributed by atoms with Crippen LogP contribution in [0.4, 0.5) is 0 Å². The number of aliphatic imine (C=N–C) groups is 1. The van der Waals surface area contributed by atoms with Gasteiger partial charge < -0.3 is 9.47 Å². The molecule has 2 aliphatic rings. The third kappa shape index (κ3) is 3.31. The van der Waals surface area contributed by atoms with Crippen LogP contribution in [0.25, 0.3) is 0 Å². The van der Waals surface area contributed by atoms with Gasteiger partial charge in [0.2, 0.25) is 0 Å². The van der Waals surface area contributed by atoms with E-state index < -0.39 is 0 Å². The van der Waals surface area contributed by atoms with Gasteiger partial charge in [0.15, 0.2) is 11.5 Å². The number of ether oxygens (including phenoxy) is 2. The van der Waals surface area contributed by atoms with Crippen LogP contribution in [0.1, 0.15) is 12.0 Å². The van der Waals surface area contributed by atoms with E-state index in [-0.39, 0.29) is 5.91 Å². The number of benzene rings is 1. The number of methoxy groups -OCH3 is 2. The molecule has 0 radical (unpaired) electrons. The van der Waals surface area contributed by atoms with Crippen LogP contribution in [-0.4, -0.2) is 50.2 Å². The number of hydrogen-bond acceptors (Lipinski definition) is 5. The van der Waals surface area contributed by atoms with Crippen LogP contribution >= 0.6 is 0 Å². The number of hydrogen-bond donors (Lipinski definition) is 0. The van der Waals surface area contributed by atoms with Gasteiger partial charge in [-0.15, -0.1) is 0 Å². The molecule has 0 aromatic heterocycles. The Morgan fingerprint density at radius 3 is 2.65 bits per heavy atom. The first-order valence-corrected chi connectivity index (χ1v) is 8.25. The van der Waals surface area contributed by atoms with E-state index in [0.29, 0.717) is 30.0 Å². The first-order valence-electron chi connectivity index (χ1n) is 8.25. The maximum absolute atomic E-state index is 12.7. The molecule has 26 heavy (non-hydrogen) atoms. The lowest BCUT2D eigenvalue weighted by atomic mass is 10.0. The summed E-state index contributed by atoms with van der Waals surface area (Å²) in [7, 11) is 4.89. The van der Waals surface area contributed by atoms with Crippen LogP contribution in [0.15, 0.2) is 64.2 Å². The Bertz CT molecular complexity index is 878. The fourth-order valence-electron chi connectivity index (χ4n) is 2.91. The molecule has 1 aromatic carbocycles. The summed E-state index contributed by atoms with van der Waals surface area (Å²) in [6.45, 7) is 4.47. The van der Waals surface area contributed by atoms with Crippen molar-refractivity contribution in [2.45, 2.75) is 6.42 Å². The van der Waals surface area contributed by atoms with Gasteiger partial charge in [0.05, 0.1) is 32.2 Å². The second-order valence-corrected chi connectivity index (χ2v) is 5.86. The number of carbonyl (C=O) groups is 1. The number of carbonyl (C=O) groups excluding carboxylic acids is 1. The zero-order valence-electron chi connectivity index (χ0n) is 15.2. The first-order chi connectivity index (χ1) is 12.6. The van der Waals surface area contributed by atoms with Gasteiger partial charge in [-0.05, 0) is 42.0 Å². The first kappa shape index (κ1) is 17.7. The van der Waals surface area contributed by atoms with E-state index in [1.165, 1.54) is 5.01 Å². The molecule has 1 amide bonds. The van der Waals surface area contributed by atoms with Crippen molar-refractivity contribution in [3.8, 4) is 11.5 Å². The summed E-state index contributed by atoms with van der Waals surface area (Å²) in [6.07, 6.45) is 5.98. The standard InChI is InChI=1S/C20H21N3O3/c1-13-11-15(5-7-16(13)21-2)20(24)23-10-9-17(22-23)14-6-8-18(25-3)19(12-14)26-4/h5-8,11-12H,1,9-10H2,2-4H3/b21-16-. The summed E-state index contributed by atoms with van der Waals surface area (Å²) < 4.78 is 10.6. The molecule has 3 rings (SSSR count). The second-order valence-electron chi connectivity index (χ2n) is 5.86. The highest BCUT2D eigenvalue weighted by Gasteiger charge is 2.25. The van der Waals surface area contributed by atoms with Crippen molar-refractivity contribution in [1.29, 1.82) is 0 Å². The van der Waals surface area contributed by atoms with E-state index in [2.05, 4.69) is 16.7 Å². The Kier molecular flexibility index (Phi) is 5.02. The molecule has 0 N–H and O–H groups in total. The van der Waals surface area contributed by atoms with Crippen molar-refractivity contribution in [2.24, 2.45) is 10.1 Å². The minimum Gasteiger partial charge on any atom is -0.493 e. The van der Waals surface area contributed by atoms with E-state index >= 15 is 0 Å². The number of allylic oxidation sites excluding steroid dienone is 3. The molecule has 1 aliphatic carbocycles. The van der Waals surface area contributed by atoms with Gasteiger partial charge in [-0.1, -0.05) is 6.58 Å². The maximum Gasteiger partial charge on any atom is 0.273 e. The molecule has 0 saturated carbocycles. The van der Waals surface area contributed by atoms with Crippen LogP contribution in [0, 0.1) is 0 Å². The van der Waals surface area contributed by atoms with Crippen LogP contribution < -0.4 is 9.47 Å². The fraction of sp³-hybridized carbons (Fsp3) is 0.250. The Labute approximate surface area is 152 Å². The summed E-state index contributed by atoms with van der Waals surface area (Å²) in [5, 5.41) is 5.99. The highest BCUT2D eigenvalue weighted by atomic mass is 16.5. The summed E-state index contributed by atoms with van der Waals surface area (Å²) in [4.78, 5) is 16.8. The van der Waals surface area contributed by atoms with Gasteiger partial charge in [0.25, 0.3) is 5.91 Å². The minimum absolute atomic E-state index is 0.145. The highest BCUT2D eigenvalue weighted by molar-refractivity contribution is 6.15. The van der Waals surface area contributed by atoms with Crippen molar-refractivity contribution >= 4 is 17.3 Å². The zero-order chi connectivity index (χ0) is 18.7. The van der Waals surface area contributed by atoms with Gasteiger partial charge in [-0.25, -0.2) is 5.01 Å². The van der Waals surface area contributed by atoms with Crippen LogP contribution in [0.3, 0.4) is 0 Å². The van der Waals surface area contributed by atoms with Crippen molar-refractivity contribution in [3.63, 3.8) is 0 Å². The Balaban J connectivity index is 1.81. The molecule has 1 aromatic rings. The molecule has 6 heteroatoms. The van der Waals surface area contributed by atoms with Gasteiger partial charge in [0.1, 0.15) is 0 Å². The quantitative estimate of drug-likeness (QED) is 0.838. The van der Waals surface area contributed by atoms with E-state index in [1.54, 1.807) is 39.5 Å². The van der Waals surface area contributed by atoms with Gasteiger partial charge in [-0.3, -0.25) is 9.79 Å². The Morgan fingerprint density at radius 2 is 2.00 bits per heavy atom. The van der Waals surface area contributed by atoms with E-state index in [0.717, 1.165) is 22.6 Å². The topological polar surface area (TPSA) is 63.5 Å². The van der Waals surface area contributed by atoms with Crippen LogP contribution in [0.5, 0.6) is 11.5 Å². The van der Waals surface area contributed by atoms with E-state index in [9.17, 15) is 4.79 Å². The van der Waals surface area contributed by atoms with E-state index in [1.807, 2.05) is 18.2 Å². The maximum atomic E-state index is 12.7. The lowest BCUT2D eigenvalue weighted by molar-refractivity contribution is -0.126. The normalized spacial score (nSPS) is 18.0. The predicted octanol–water partition coefficient (Wildman–Crippen LogP) is 2.76.